The molecule has 0 fully saturated rings. The molecule has 1 aromatic carbocycles. The molecule has 0 spiro atoms. The minimum atomic E-state index is 0.0851. The van der Waals surface area contributed by atoms with E-state index in [2.05, 4.69) is 11.1 Å². The largest absolute Gasteiger partial charge is 0.464 e. The van der Waals surface area contributed by atoms with E-state index in [1.807, 2.05) is 51.2 Å². The molecule has 0 atom stereocenters. The summed E-state index contributed by atoms with van der Waals surface area (Å²) in [5.41, 5.74) is 3.20. The molecule has 4 nitrogen and oxygen atoms in total. The maximum Gasteiger partial charge on any atom is 0.227 e. The molecule has 1 amide bonds. The van der Waals surface area contributed by atoms with Crippen LogP contribution in [0.15, 0.2) is 40.8 Å². The monoisotopic (exact) mass is 296 g/mol. The van der Waals surface area contributed by atoms with Crippen molar-refractivity contribution < 1.29 is 9.21 Å². The summed E-state index contributed by atoms with van der Waals surface area (Å²) in [6, 6.07) is 11.9. The van der Waals surface area contributed by atoms with E-state index >= 15 is 0 Å². The van der Waals surface area contributed by atoms with Crippen LogP contribution in [0.3, 0.4) is 0 Å². The predicted molar refractivity (Wildman–Crippen MR) is 86.7 cm³/mol. The Morgan fingerprint density at radius 1 is 1.18 bits per heavy atom. The number of aromatic nitrogens is 1. The number of aromatic amines is 1. The van der Waals surface area contributed by atoms with Gasteiger partial charge in [0.1, 0.15) is 11.5 Å². The van der Waals surface area contributed by atoms with E-state index in [1.165, 1.54) is 0 Å². The highest BCUT2D eigenvalue weighted by Gasteiger charge is 2.16. The fraction of sp³-hybridized carbons (Fsp3) is 0.278. The highest BCUT2D eigenvalue weighted by Crippen LogP contribution is 2.23. The first-order chi connectivity index (χ1) is 10.5. The number of benzene rings is 1. The van der Waals surface area contributed by atoms with Crippen molar-refractivity contribution >= 4 is 16.8 Å². The first kappa shape index (κ1) is 14.4. The summed E-state index contributed by atoms with van der Waals surface area (Å²) in [4.78, 5) is 17.5. The van der Waals surface area contributed by atoms with Gasteiger partial charge in [0, 0.05) is 23.6 Å². The van der Waals surface area contributed by atoms with Gasteiger partial charge in [0.2, 0.25) is 5.91 Å². The van der Waals surface area contributed by atoms with E-state index in [0.717, 1.165) is 33.7 Å². The Morgan fingerprint density at radius 2 is 1.95 bits per heavy atom. The second-order valence-corrected chi connectivity index (χ2v) is 5.71. The SMILES string of the molecule is Cc1ccc(CN(C)C(=O)Cc2c(C)[nH]c3ccccc23)o1. The van der Waals surface area contributed by atoms with Crippen molar-refractivity contribution in [3.63, 3.8) is 0 Å². The summed E-state index contributed by atoms with van der Waals surface area (Å²) in [6.45, 7) is 4.41. The van der Waals surface area contributed by atoms with E-state index in [1.54, 1.807) is 4.90 Å². The van der Waals surface area contributed by atoms with Gasteiger partial charge in [0.25, 0.3) is 0 Å². The molecular weight excluding hydrogens is 276 g/mol. The van der Waals surface area contributed by atoms with Crippen molar-refractivity contribution in [3.05, 3.63) is 59.2 Å². The van der Waals surface area contributed by atoms with Gasteiger partial charge in [0.15, 0.2) is 0 Å². The standard InChI is InChI=1S/C18H20N2O2/c1-12-8-9-14(22-12)11-20(3)18(21)10-16-13(2)19-17-7-5-4-6-15(16)17/h4-9,19H,10-11H2,1-3H3. The van der Waals surface area contributed by atoms with Crippen LogP contribution in [0.5, 0.6) is 0 Å². The van der Waals surface area contributed by atoms with Crippen LogP contribution < -0.4 is 0 Å². The minimum absolute atomic E-state index is 0.0851. The van der Waals surface area contributed by atoms with Crippen LogP contribution in [0, 0.1) is 13.8 Å². The quantitative estimate of drug-likeness (QED) is 0.800. The van der Waals surface area contributed by atoms with E-state index in [9.17, 15) is 4.79 Å². The van der Waals surface area contributed by atoms with Crippen molar-refractivity contribution in [3.8, 4) is 0 Å². The number of fused-ring (bicyclic) bond motifs is 1. The summed E-state index contributed by atoms with van der Waals surface area (Å²) in [5, 5.41) is 1.12. The third-order valence-electron chi connectivity index (χ3n) is 3.97. The average Bonchev–Trinajstić information content (AvgIpc) is 3.03. The molecule has 3 aromatic rings. The van der Waals surface area contributed by atoms with Gasteiger partial charge in [-0.05, 0) is 37.6 Å². The summed E-state index contributed by atoms with van der Waals surface area (Å²) in [7, 11) is 1.81. The highest BCUT2D eigenvalue weighted by molar-refractivity contribution is 5.90. The first-order valence-electron chi connectivity index (χ1n) is 7.40. The molecule has 0 bridgehead atoms. The molecule has 2 aromatic heterocycles. The Bertz CT molecular complexity index is 813. The second-order valence-electron chi connectivity index (χ2n) is 5.71. The van der Waals surface area contributed by atoms with Gasteiger partial charge in [-0.1, -0.05) is 18.2 Å². The van der Waals surface area contributed by atoms with Crippen LogP contribution in [0.4, 0.5) is 0 Å². The summed E-state index contributed by atoms with van der Waals surface area (Å²) < 4.78 is 5.53. The minimum Gasteiger partial charge on any atom is -0.464 e. The van der Waals surface area contributed by atoms with Gasteiger partial charge >= 0.3 is 0 Å². The van der Waals surface area contributed by atoms with Crippen LogP contribution in [0.25, 0.3) is 10.9 Å². The molecule has 0 saturated heterocycles. The van der Waals surface area contributed by atoms with Crippen molar-refractivity contribution in [1.29, 1.82) is 0 Å². The number of para-hydroxylation sites is 1. The van der Waals surface area contributed by atoms with Gasteiger partial charge in [-0.3, -0.25) is 4.79 Å². The molecular formula is C18H20N2O2. The first-order valence-corrected chi connectivity index (χ1v) is 7.40. The lowest BCUT2D eigenvalue weighted by molar-refractivity contribution is -0.129. The topological polar surface area (TPSA) is 49.2 Å². The molecule has 0 aliphatic rings. The molecule has 3 rings (SSSR count). The van der Waals surface area contributed by atoms with Gasteiger partial charge in [-0.25, -0.2) is 0 Å². The van der Waals surface area contributed by atoms with Gasteiger partial charge in [-0.2, -0.15) is 0 Å². The van der Waals surface area contributed by atoms with Crippen LogP contribution in [0.1, 0.15) is 22.8 Å². The third kappa shape index (κ3) is 2.77. The van der Waals surface area contributed by atoms with Crippen LogP contribution in [-0.2, 0) is 17.8 Å². The Hall–Kier alpha value is -2.49. The van der Waals surface area contributed by atoms with Gasteiger partial charge < -0.3 is 14.3 Å². The molecule has 114 valence electrons. The zero-order chi connectivity index (χ0) is 15.7. The number of H-pyrrole nitrogens is 1. The Labute approximate surface area is 129 Å². The molecule has 0 saturated carbocycles. The van der Waals surface area contributed by atoms with E-state index in [0.29, 0.717) is 13.0 Å². The van der Waals surface area contributed by atoms with Gasteiger partial charge in [0.05, 0.1) is 13.0 Å². The number of likely N-dealkylation sites (N-methyl/N-ethyl adjacent to an activating group) is 1. The Morgan fingerprint density at radius 3 is 2.68 bits per heavy atom. The maximum atomic E-state index is 12.5. The zero-order valence-electron chi connectivity index (χ0n) is 13.1. The molecule has 0 aliphatic carbocycles. The number of carbonyl (C=O) groups excluding carboxylic acids is 1. The maximum absolute atomic E-state index is 12.5. The molecule has 1 N–H and O–H groups in total. The van der Waals surface area contributed by atoms with E-state index in [4.69, 9.17) is 4.42 Å². The number of amides is 1. The third-order valence-corrected chi connectivity index (χ3v) is 3.97. The number of rotatable bonds is 4. The van der Waals surface area contributed by atoms with Gasteiger partial charge in [-0.15, -0.1) is 0 Å². The zero-order valence-corrected chi connectivity index (χ0v) is 13.1. The lowest BCUT2D eigenvalue weighted by Gasteiger charge is -2.16. The normalized spacial score (nSPS) is 11.0. The van der Waals surface area contributed by atoms with Crippen LogP contribution in [0.2, 0.25) is 0 Å². The lowest BCUT2D eigenvalue weighted by atomic mass is 10.1. The van der Waals surface area contributed by atoms with Crippen LogP contribution >= 0.6 is 0 Å². The number of hydrogen-bond acceptors (Lipinski definition) is 2. The second kappa shape index (κ2) is 5.72. The van der Waals surface area contributed by atoms with Crippen molar-refractivity contribution in [2.45, 2.75) is 26.8 Å². The van der Waals surface area contributed by atoms with E-state index < -0.39 is 0 Å². The average molecular weight is 296 g/mol. The summed E-state index contributed by atoms with van der Waals surface area (Å²) >= 11 is 0. The number of aryl methyl sites for hydroxylation is 2. The summed E-state index contributed by atoms with van der Waals surface area (Å²) in [6.07, 6.45) is 0.395. The fourth-order valence-electron chi connectivity index (χ4n) is 2.74. The predicted octanol–water partition coefficient (Wildman–Crippen LogP) is 3.58. The molecule has 0 aliphatic heterocycles. The molecule has 4 heteroatoms. The fourth-order valence-corrected chi connectivity index (χ4v) is 2.74. The number of hydrogen-bond donors (Lipinski definition) is 1. The van der Waals surface area contributed by atoms with Crippen molar-refractivity contribution in [1.82, 2.24) is 9.88 Å². The van der Waals surface area contributed by atoms with E-state index in [-0.39, 0.29) is 5.91 Å². The number of carbonyl (C=O) groups is 1. The lowest BCUT2D eigenvalue weighted by Crippen LogP contribution is -2.27. The Kier molecular flexibility index (Phi) is 3.75. The number of nitrogens with one attached hydrogen (secondary N) is 1. The molecule has 0 radical (unpaired) electrons. The van der Waals surface area contributed by atoms with Crippen molar-refractivity contribution in [2.24, 2.45) is 0 Å². The Balaban J connectivity index is 1.76. The number of furan rings is 1. The number of nitrogens with zero attached hydrogens (tertiary/aromatic N) is 1. The summed E-state index contributed by atoms with van der Waals surface area (Å²) in [5.74, 6) is 1.76. The molecule has 2 heterocycles. The smallest absolute Gasteiger partial charge is 0.227 e. The highest BCUT2D eigenvalue weighted by atomic mass is 16.3. The van der Waals surface area contributed by atoms with Crippen LogP contribution in [-0.4, -0.2) is 22.8 Å². The van der Waals surface area contributed by atoms with Crippen molar-refractivity contribution in [2.75, 3.05) is 7.05 Å². The molecule has 22 heavy (non-hydrogen) atoms. The molecule has 0 unspecified atom stereocenters.